The van der Waals surface area contributed by atoms with Crippen molar-refractivity contribution in [3.05, 3.63) is 151 Å². The zero-order valence-electron chi connectivity index (χ0n) is 83.2. The van der Waals surface area contributed by atoms with Crippen molar-refractivity contribution in [2.45, 2.75) is 231 Å². The van der Waals surface area contributed by atoms with E-state index < -0.39 is 237 Å². The second kappa shape index (κ2) is 52.2. The SMILES string of the molecule is C.C.COc1cc2cc(c1Cl)N(C)C(=O)C[C@H](OC(=O)[C@@H](C)N(C)C(=O)CCSCC(=O)N1CCC(C(=O)O)CC1)[C@]1(C)O[C@H]1[C@H](C)[C@@H]1C[C@@](O)(NC(=O)O1)[C@H](OC)/C=C/C=C(\C)C2.COc1cc2cc(c1Cl)N(C)C(=O)C[C@H](OC(=O)[C@@H](C)N(C)C(=O)CCSCC(=O)N1CCC(C(=O)Oc3c(F)c(F)c(F)c(F)c3F)CC1)[C@]1(C)O[C@H]1[C@H](C)[C@@H]1C[C@@](O)(NC(=O)O1)[C@H](OC)/C=C/C=C(\C)C2.Oc1c(F)c(F)c(F)c(F)c1F. The normalized spacial score (nSPS) is 26.8. The number of nitrogens with zero attached hydrogens (tertiary/aromatic N) is 6. The number of amides is 8. The van der Waals surface area contributed by atoms with Gasteiger partial charge >= 0.3 is 36.1 Å². The molecule has 0 aliphatic carbocycles. The fraction of sp³-hybridized carbons (Fsp3) is 0.560. The number of carboxylic acids is 1. The third-order valence-electron chi connectivity index (χ3n) is 27.4. The van der Waals surface area contributed by atoms with Gasteiger partial charge in [-0.25, -0.2) is 45.5 Å². The van der Waals surface area contributed by atoms with Crippen LogP contribution in [-0.2, 0) is 98.7 Å². The molecule has 8 amide bonds. The molecule has 12 rings (SSSR count). The fourth-order valence-corrected chi connectivity index (χ4v) is 20.1. The Morgan fingerprint density at radius 3 is 1.23 bits per heavy atom. The Balaban J connectivity index is 0.000000325. The lowest BCUT2D eigenvalue weighted by Crippen LogP contribution is -2.63. The van der Waals surface area contributed by atoms with Crippen molar-refractivity contribution < 1.29 is 174 Å². The van der Waals surface area contributed by atoms with Crippen molar-refractivity contribution in [1.82, 2.24) is 30.2 Å². The van der Waals surface area contributed by atoms with Crippen molar-refractivity contribution in [1.29, 1.82) is 0 Å². The van der Waals surface area contributed by atoms with Gasteiger partial charge in [0.05, 0.1) is 74.0 Å². The minimum atomic E-state index is -2.40. The Hall–Kier alpha value is -11.2. The second-order valence-electron chi connectivity index (χ2n) is 37.3. The number of aromatic hydroxyl groups is 1. The Bertz CT molecular complexity index is 5640. The number of likely N-dealkylation sites (N-methyl/N-ethyl adjacent to an activating group) is 2. The number of piperidine rings is 2. The van der Waals surface area contributed by atoms with E-state index in [0.717, 1.165) is 34.0 Å². The average Bonchev–Trinajstić information content (AvgIpc) is 1.57. The van der Waals surface area contributed by atoms with Crippen LogP contribution in [0.5, 0.6) is 23.0 Å². The summed E-state index contributed by atoms with van der Waals surface area (Å²) in [6, 6.07) is 4.76. The number of hydrogen-bond acceptors (Lipinski definition) is 28. The van der Waals surface area contributed by atoms with Crippen LogP contribution in [0, 0.1) is 81.8 Å². The number of hydrogen-bond donors (Lipinski definition) is 6. The number of esters is 3. The van der Waals surface area contributed by atoms with E-state index in [9.17, 15) is 117 Å². The summed E-state index contributed by atoms with van der Waals surface area (Å²) in [5, 5.41) is 46.5. The summed E-state index contributed by atoms with van der Waals surface area (Å²) in [5.74, 6) is -33.7. The van der Waals surface area contributed by atoms with Crippen LogP contribution in [0.2, 0.25) is 10.0 Å². The number of aliphatic hydroxyl groups is 2. The van der Waals surface area contributed by atoms with Gasteiger partial charge in [-0.15, -0.1) is 0 Å². The summed E-state index contributed by atoms with van der Waals surface area (Å²) in [6.07, 6.45) is 1.32. The van der Waals surface area contributed by atoms with Gasteiger partial charge in [0.15, 0.2) is 17.2 Å². The molecule has 8 heterocycles. The molecule has 824 valence electrons. The lowest BCUT2D eigenvalue weighted by molar-refractivity contribution is -0.162. The minimum Gasteiger partial charge on any atom is -0.503 e. The number of fused-ring (bicyclic) bond motifs is 10. The van der Waals surface area contributed by atoms with Gasteiger partial charge in [0.25, 0.3) is 0 Å². The maximum Gasteiger partial charge on any atom is 0.409 e. The smallest absolute Gasteiger partial charge is 0.409 e. The van der Waals surface area contributed by atoms with E-state index in [1.54, 1.807) is 88.2 Å². The number of epoxide rings is 2. The number of anilines is 2. The number of benzene rings is 4. The average molecular weight is 2200 g/mol. The first-order valence-corrected chi connectivity index (χ1v) is 49.7. The van der Waals surface area contributed by atoms with Crippen LogP contribution in [-0.4, -0.2) is 301 Å². The number of thioether (sulfide) groups is 2. The number of aliphatic carboxylic acids is 1. The molecule has 6 N–H and O–H groups in total. The number of carbonyl (C=O) groups excluding carboxylic acids is 11. The Labute approximate surface area is 873 Å². The summed E-state index contributed by atoms with van der Waals surface area (Å²) >= 11 is 16.0. The molecule has 6 fully saturated rings. The molecule has 149 heavy (non-hydrogen) atoms. The van der Waals surface area contributed by atoms with E-state index in [0.29, 0.717) is 67.4 Å². The molecule has 16 atom stereocenters. The molecular formula is C100H126Cl2F10N8O27S2. The number of phenolic OH excluding ortho intramolecular Hbond substituents is 1. The molecule has 8 aliphatic rings. The molecule has 0 aromatic heterocycles. The Morgan fingerprint density at radius 2 is 0.886 bits per heavy atom. The van der Waals surface area contributed by atoms with E-state index >= 15 is 0 Å². The van der Waals surface area contributed by atoms with Gasteiger partial charge in [0.1, 0.15) is 81.5 Å². The first kappa shape index (κ1) is 123. The van der Waals surface area contributed by atoms with Crippen LogP contribution in [0.15, 0.2) is 71.9 Å². The summed E-state index contributed by atoms with van der Waals surface area (Å²) in [5.41, 5.74) is -2.42. The van der Waals surface area contributed by atoms with E-state index in [2.05, 4.69) is 15.4 Å². The molecule has 6 saturated heterocycles. The first-order chi connectivity index (χ1) is 69.0. The van der Waals surface area contributed by atoms with Crippen LogP contribution in [0.25, 0.3) is 0 Å². The number of likely N-dealkylation sites (tertiary alicyclic amines) is 2. The molecular weight excluding hydrogens is 2070 g/mol. The highest BCUT2D eigenvalue weighted by atomic mass is 35.5. The van der Waals surface area contributed by atoms with Crippen LogP contribution in [0.3, 0.4) is 0 Å². The fourth-order valence-electron chi connectivity index (χ4n) is 17.8. The van der Waals surface area contributed by atoms with E-state index in [4.69, 9.17) is 75.7 Å². The molecule has 0 saturated carbocycles. The molecule has 35 nitrogen and oxygen atoms in total. The standard InChI is InChI=1S/C49H58ClF5N4O13S.C43H59ClN4O13S.C6HF5O.2CH4/c1-24-10-9-11-32(68-8)49(66)22-31(69-47(65)56-49)25(2)44-48(4,72-44)33(21-35(61)58(6)29-19-27(18-24)20-30(67-7)37(29)50)70-45(63)26(3)57(5)34(60)14-17-73-23-36(62)59-15-12-28(13-16-59)46(64)71-43-41(54)39(52)38(51)40(53)42(43)55;1-24-10-9-11-32(58-8)43(56)22-31(59-41(55)45-43)25(2)38-42(4,61-38)33(21-35(50)47(6)29-19-27(18-24)20-30(57-7)37(29)44)60-40(54)26(3)46(5)34(49)14-17-62-23-36(51)48-15-12-28(13-16-48)39(52)53;7-1-2(8)4(10)6(12)5(11)3(1)9;;/h9-11,19-20,25-26,28,31-33,44,66H,12-18,21-23H2,1-8H3,(H,56,65);9-11,19-20,25-26,28,31-33,38,56H,12-18,21-23H2,1-8H3,(H,45,55)(H,52,53);12H;2*1H4/b2*11-9+,24-10+;;;/t25-,26-,31+,32-,33+,44+,48+,49+;25-,26-,31+,32-,33+,38+,42+,43+;;;/m11.../s1. The summed E-state index contributed by atoms with van der Waals surface area (Å²) in [7, 11) is 11.6. The number of carbonyl (C=O) groups is 12. The van der Waals surface area contributed by atoms with Gasteiger partial charge in [0.2, 0.25) is 99.4 Å². The van der Waals surface area contributed by atoms with Crippen molar-refractivity contribution in [3.63, 3.8) is 0 Å². The lowest BCUT2D eigenvalue weighted by atomic mass is 9.83. The van der Waals surface area contributed by atoms with Crippen molar-refractivity contribution in [2.24, 2.45) is 23.7 Å². The highest BCUT2D eigenvalue weighted by molar-refractivity contribution is 8.00. The number of methoxy groups -OCH3 is 4. The Kier molecular flexibility index (Phi) is 43.1. The quantitative estimate of drug-likeness (QED) is 0.00587. The molecule has 0 radical (unpaired) electrons. The molecule has 0 spiro atoms. The van der Waals surface area contributed by atoms with Gasteiger partial charge in [0, 0.05) is 118 Å². The highest BCUT2D eigenvalue weighted by Gasteiger charge is 2.67. The molecule has 4 aromatic rings. The largest absolute Gasteiger partial charge is 0.503 e. The van der Waals surface area contributed by atoms with Crippen LogP contribution >= 0.6 is 46.7 Å². The Morgan fingerprint density at radius 1 is 0.544 bits per heavy atom. The van der Waals surface area contributed by atoms with Crippen molar-refractivity contribution >= 4 is 130 Å². The maximum atomic E-state index is 14.3. The van der Waals surface area contributed by atoms with Gasteiger partial charge in [-0.2, -0.15) is 41.1 Å². The second-order valence-corrected chi connectivity index (χ2v) is 40.3. The van der Waals surface area contributed by atoms with Crippen LogP contribution in [0.1, 0.15) is 146 Å². The van der Waals surface area contributed by atoms with Gasteiger partial charge in [-0.1, -0.05) is 99.5 Å². The first-order valence-electron chi connectivity index (χ1n) is 46.6. The topological polar surface area (TPSA) is 437 Å². The zero-order chi connectivity index (χ0) is 109. The maximum absolute atomic E-state index is 14.3. The predicted molar refractivity (Wildman–Crippen MR) is 525 cm³/mol. The summed E-state index contributed by atoms with van der Waals surface area (Å²) < 4.78 is 192. The monoisotopic (exact) mass is 2190 g/mol. The minimum absolute atomic E-state index is 0. The van der Waals surface area contributed by atoms with Crippen LogP contribution < -0.4 is 34.6 Å². The number of carboxylic acid groups (broad SMARTS) is 1. The third kappa shape index (κ3) is 29.0. The number of alkyl carbamates (subject to hydrolysis) is 2. The third-order valence-corrected chi connectivity index (χ3v) is 30.0. The number of nitrogens with one attached hydrogen (secondary N) is 2. The predicted octanol–water partition coefficient (Wildman–Crippen LogP) is 13.5. The summed E-state index contributed by atoms with van der Waals surface area (Å²) in [6.45, 7) is 14.4. The number of halogens is 12. The van der Waals surface area contributed by atoms with Crippen molar-refractivity contribution in [2.75, 3.05) is 116 Å². The number of phenols is 1. The van der Waals surface area contributed by atoms with Gasteiger partial charge < -0.3 is 102 Å². The van der Waals surface area contributed by atoms with E-state index in [1.807, 2.05) is 26.0 Å². The highest BCUT2D eigenvalue weighted by Crippen LogP contribution is 2.52. The summed E-state index contributed by atoms with van der Waals surface area (Å²) in [4.78, 5) is 167. The lowest BCUT2D eigenvalue weighted by Gasteiger charge is -2.42. The van der Waals surface area contributed by atoms with Gasteiger partial charge in [-0.3, -0.25) is 49.0 Å². The zero-order valence-corrected chi connectivity index (χ0v) is 86.4. The van der Waals surface area contributed by atoms with E-state index in [-0.39, 0.29) is 118 Å². The molecule has 8 bridgehead atoms. The molecule has 0 unspecified atom stereocenters. The van der Waals surface area contributed by atoms with E-state index in [1.165, 1.54) is 99.7 Å². The number of ether oxygens (including phenoxy) is 11. The van der Waals surface area contributed by atoms with Crippen LogP contribution in [0.4, 0.5) is 64.9 Å². The molecule has 4 aromatic carbocycles. The molecule has 8 aliphatic heterocycles. The molecule has 49 heteroatoms. The van der Waals surface area contributed by atoms with Crippen molar-refractivity contribution in [3.8, 4) is 23.0 Å². The number of allylic oxidation sites excluding steroid dienone is 6. The number of rotatable bonds is 23. The van der Waals surface area contributed by atoms with Gasteiger partial charge in [-0.05, 0) is 115 Å².